The molecule has 0 bridgehead atoms. The molecule has 70 valence electrons. The Morgan fingerprint density at radius 2 is 1.79 bits per heavy atom. The van der Waals surface area contributed by atoms with E-state index in [0.717, 1.165) is 5.56 Å². The van der Waals surface area contributed by atoms with E-state index in [0.29, 0.717) is 9.26 Å². The molecule has 1 nitrogen and oxygen atoms in total. The lowest BCUT2D eigenvalue weighted by Crippen LogP contribution is -1.91. The van der Waals surface area contributed by atoms with Crippen LogP contribution in [0.4, 0.5) is 4.39 Å². The maximum Gasteiger partial charge on any atom is 0.135 e. The molecular formula is C11H7FIN. The minimum Gasteiger partial charge on any atom is -0.249 e. The van der Waals surface area contributed by atoms with Crippen LogP contribution in [0.5, 0.6) is 0 Å². The summed E-state index contributed by atoms with van der Waals surface area (Å²) in [6.45, 7) is 0. The molecule has 2 aromatic rings. The average molecular weight is 299 g/mol. The molecule has 0 unspecified atom stereocenters. The molecule has 14 heavy (non-hydrogen) atoms. The smallest absolute Gasteiger partial charge is 0.135 e. The van der Waals surface area contributed by atoms with Crippen LogP contribution < -0.4 is 0 Å². The number of benzene rings is 1. The van der Waals surface area contributed by atoms with Gasteiger partial charge in [0.05, 0.1) is 0 Å². The molecule has 0 atom stereocenters. The van der Waals surface area contributed by atoms with E-state index in [2.05, 4.69) is 4.98 Å². The summed E-state index contributed by atoms with van der Waals surface area (Å²) in [6.07, 6.45) is 1.48. The van der Waals surface area contributed by atoms with E-state index in [4.69, 9.17) is 0 Å². The van der Waals surface area contributed by atoms with Crippen molar-refractivity contribution >= 4 is 22.6 Å². The minimum atomic E-state index is -0.226. The predicted molar refractivity (Wildman–Crippen MR) is 62.3 cm³/mol. The third-order valence-electron chi connectivity index (χ3n) is 1.92. The highest BCUT2D eigenvalue weighted by molar-refractivity contribution is 14.1. The van der Waals surface area contributed by atoms with E-state index in [1.807, 2.05) is 52.9 Å². The van der Waals surface area contributed by atoms with Crippen LogP contribution in [0.15, 0.2) is 42.6 Å². The van der Waals surface area contributed by atoms with Crippen LogP contribution in [-0.2, 0) is 0 Å². The SMILES string of the molecule is Fc1ccnc(I)c1-c1ccccc1. The van der Waals surface area contributed by atoms with Gasteiger partial charge in [-0.25, -0.2) is 9.37 Å². The predicted octanol–water partition coefficient (Wildman–Crippen LogP) is 3.49. The Morgan fingerprint density at radius 1 is 1.07 bits per heavy atom. The van der Waals surface area contributed by atoms with Crippen molar-refractivity contribution < 1.29 is 4.39 Å². The molecular weight excluding hydrogens is 292 g/mol. The van der Waals surface area contributed by atoms with Crippen LogP contribution in [0, 0.1) is 9.52 Å². The van der Waals surface area contributed by atoms with Crippen LogP contribution in [0.1, 0.15) is 0 Å². The van der Waals surface area contributed by atoms with Crippen LogP contribution >= 0.6 is 22.6 Å². The number of pyridine rings is 1. The summed E-state index contributed by atoms with van der Waals surface area (Å²) in [6, 6.07) is 10.8. The van der Waals surface area contributed by atoms with Gasteiger partial charge in [0.25, 0.3) is 0 Å². The first-order valence-electron chi connectivity index (χ1n) is 4.14. The summed E-state index contributed by atoms with van der Waals surface area (Å²) in [5, 5.41) is 0. The fraction of sp³-hybridized carbons (Fsp3) is 0. The van der Waals surface area contributed by atoms with Crippen molar-refractivity contribution in [2.24, 2.45) is 0 Å². The number of nitrogens with zero attached hydrogens (tertiary/aromatic N) is 1. The lowest BCUT2D eigenvalue weighted by Gasteiger charge is -2.04. The van der Waals surface area contributed by atoms with Gasteiger partial charge in [-0.15, -0.1) is 0 Å². The van der Waals surface area contributed by atoms with Crippen molar-refractivity contribution in [1.29, 1.82) is 0 Å². The highest BCUT2D eigenvalue weighted by atomic mass is 127. The number of halogens is 2. The molecule has 0 aliphatic heterocycles. The first kappa shape index (κ1) is 9.58. The minimum absolute atomic E-state index is 0.226. The summed E-state index contributed by atoms with van der Waals surface area (Å²) >= 11 is 2.04. The largest absolute Gasteiger partial charge is 0.249 e. The molecule has 0 aliphatic rings. The zero-order chi connectivity index (χ0) is 9.97. The van der Waals surface area contributed by atoms with Gasteiger partial charge >= 0.3 is 0 Å². The number of hydrogen-bond donors (Lipinski definition) is 0. The van der Waals surface area contributed by atoms with Gasteiger partial charge in [-0.1, -0.05) is 30.3 Å². The molecule has 0 aliphatic carbocycles. The van der Waals surface area contributed by atoms with Crippen LogP contribution in [-0.4, -0.2) is 4.98 Å². The molecule has 2 rings (SSSR count). The van der Waals surface area contributed by atoms with Crippen molar-refractivity contribution in [2.45, 2.75) is 0 Å². The molecule has 0 saturated heterocycles. The molecule has 0 fully saturated rings. The average Bonchev–Trinajstić information content (AvgIpc) is 2.19. The quantitative estimate of drug-likeness (QED) is 0.580. The Balaban J connectivity index is 2.63. The molecule has 1 heterocycles. The molecule has 0 saturated carbocycles. The Hall–Kier alpha value is -0.970. The molecule has 0 amide bonds. The molecule has 0 spiro atoms. The van der Waals surface area contributed by atoms with E-state index in [9.17, 15) is 4.39 Å². The molecule has 1 aromatic carbocycles. The van der Waals surface area contributed by atoms with E-state index in [-0.39, 0.29) is 5.82 Å². The number of aromatic nitrogens is 1. The Kier molecular flexibility index (Phi) is 2.77. The Bertz CT molecular complexity index is 422. The molecule has 1 aromatic heterocycles. The first-order chi connectivity index (χ1) is 6.79. The van der Waals surface area contributed by atoms with E-state index < -0.39 is 0 Å². The summed E-state index contributed by atoms with van der Waals surface area (Å²) in [4.78, 5) is 4.06. The zero-order valence-electron chi connectivity index (χ0n) is 7.24. The van der Waals surface area contributed by atoms with Gasteiger partial charge in [-0.3, -0.25) is 0 Å². The van der Waals surface area contributed by atoms with Crippen molar-refractivity contribution in [3.63, 3.8) is 0 Å². The third-order valence-corrected chi connectivity index (χ3v) is 2.73. The maximum absolute atomic E-state index is 13.5. The van der Waals surface area contributed by atoms with Crippen molar-refractivity contribution in [3.8, 4) is 11.1 Å². The second-order valence-electron chi connectivity index (χ2n) is 2.82. The van der Waals surface area contributed by atoms with Crippen LogP contribution in [0.25, 0.3) is 11.1 Å². The van der Waals surface area contributed by atoms with E-state index >= 15 is 0 Å². The second-order valence-corrected chi connectivity index (χ2v) is 3.85. The highest BCUT2D eigenvalue weighted by Crippen LogP contribution is 2.25. The molecule has 3 heteroatoms. The fourth-order valence-electron chi connectivity index (χ4n) is 1.28. The molecule has 0 radical (unpaired) electrons. The van der Waals surface area contributed by atoms with Gasteiger partial charge in [-0.2, -0.15) is 0 Å². The van der Waals surface area contributed by atoms with Crippen LogP contribution in [0.3, 0.4) is 0 Å². The monoisotopic (exact) mass is 299 g/mol. The topological polar surface area (TPSA) is 12.9 Å². The van der Waals surface area contributed by atoms with Gasteiger partial charge in [0, 0.05) is 11.8 Å². The van der Waals surface area contributed by atoms with Gasteiger partial charge in [0.2, 0.25) is 0 Å². The molecule has 0 N–H and O–H groups in total. The normalized spacial score (nSPS) is 10.1. The summed E-state index contributed by atoms with van der Waals surface area (Å²) in [7, 11) is 0. The summed E-state index contributed by atoms with van der Waals surface area (Å²) < 4.78 is 14.2. The van der Waals surface area contributed by atoms with Crippen LogP contribution in [0.2, 0.25) is 0 Å². The van der Waals surface area contributed by atoms with E-state index in [1.54, 1.807) is 0 Å². The second kappa shape index (κ2) is 4.04. The summed E-state index contributed by atoms with van der Waals surface area (Å²) in [5.41, 5.74) is 1.44. The van der Waals surface area contributed by atoms with Gasteiger partial charge < -0.3 is 0 Å². The van der Waals surface area contributed by atoms with Crippen molar-refractivity contribution in [3.05, 3.63) is 52.1 Å². The lowest BCUT2D eigenvalue weighted by atomic mass is 10.1. The third kappa shape index (κ3) is 1.77. The van der Waals surface area contributed by atoms with E-state index in [1.165, 1.54) is 12.3 Å². The van der Waals surface area contributed by atoms with Gasteiger partial charge in [0.15, 0.2) is 0 Å². The van der Waals surface area contributed by atoms with Gasteiger partial charge in [0.1, 0.15) is 9.52 Å². The van der Waals surface area contributed by atoms with Crippen molar-refractivity contribution in [1.82, 2.24) is 4.98 Å². The zero-order valence-corrected chi connectivity index (χ0v) is 9.40. The van der Waals surface area contributed by atoms with Crippen molar-refractivity contribution in [2.75, 3.05) is 0 Å². The standard InChI is InChI=1S/C11H7FIN/c12-9-6-7-14-11(13)10(9)8-4-2-1-3-5-8/h1-7H. The Labute approximate surface area is 95.1 Å². The Morgan fingerprint density at radius 3 is 2.43 bits per heavy atom. The highest BCUT2D eigenvalue weighted by Gasteiger charge is 2.08. The van der Waals surface area contributed by atoms with Gasteiger partial charge in [-0.05, 0) is 34.2 Å². The lowest BCUT2D eigenvalue weighted by molar-refractivity contribution is 0.628. The number of rotatable bonds is 1. The fourth-order valence-corrected chi connectivity index (χ4v) is 2.01. The first-order valence-corrected chi connectivity index (χ1v) is 5.22. The summed E-state index contributed by atoms with van der Waals surface area (Å²) in [5.74, 6) is -0.226. The maximum atomic E-state index is 13.5. The number of hydrogen-bond acceptors (Lipinski definition) is 1.